The van der Waals surface area contributed by atoms with Crippen LogP contribution < -0.4 is 9.64 Å². The van der Waals surface area contributed by atoms with Crippen LogP contribution in [0, 0.1) is 39.2 Å². The van der Waals surface area contributed by atoms with Crippen molar-refractivity contribution in [3.63, 3.8) is 0 Å². The number of nitro benzene ring substituents is 1. The van der Waals surface area contributed by atoms with Gasteiger partial charge in [0.05, 0.1) is 35.6 Å². The highest BCUT2D eigenvalue weighted by Crippen LogP contribution is 2.73. The number of allylic oxidation sites excluding steroid dienone is 2. The first kappa shape index (κ1) is 14.6. The SMILES string of the molecule is COc1cc([N+](=O)[O-])ccc1N1C(=O)[C@@H]2[C@H](C1=O)[C@H]1C=C[C@H]2C12CC2. The van der Waals surface area contributed by atoms with Crippen LogP contribution in [0.15, 0.2) is 30.4 Å². The van der Waals surface area contributed by atoms with Gasteiger partial charge in [-0.05, 0) is 36.2 Å². The molecule has 7 heteroatoms. The maximum absolute atomic E-state index is 13.1. The van der Waals surface area contributed by atoms with Gasteiger partial charge >= 0.3 is 0 Å². The molecule has 3 fully saturated rings. The number of ether oxygens (including phenoxy) is 1. The molecule has 3 aliphatic carbocycles. The first-order valence-electron chi connectivity index (χ1n) is 8.38. The van der Waals surface area contributed by atoms with Gasteiger partial charge in [-0.25, -0.2) is 4.90 Å². The van der Waals surface area contributed by atoms with Gasteiger partial charge in [-0.2, -0.15) is 0 Å². The second-order valence-corrected chi connectivity index (χ2v) is 7.35. The standard InChI is InChI=1S/C18H16N2O5/c1-25-13-8-9(20(23)24)2-5-12(13)19-16(21)14-10-3-4-11(15(14)17(19)22)18(10)6-7-18/h2-5,8,10-11,14-15H,6-7H2,1H3/t10-,11-,14-,15+/m1/s1. The Balaban J connectivity index is 1.56. The fourth-order valence-electron chi connectivity index (χ4n) is 5.28. The molecule has 0 unspecified atom stereocenters. The fraction of sp³-hybridized carbons (Fsp3) is 0.444. The van der Waals surface area contributed by atoms with Gasteiger partial charge in [0.15, 0.2) is 0 Å². The minimum atomic E-state index is -0.532. The van der Waals surface area contributed by atoms with Gasteiger partial charge in [-0.15, -0.1) is 0 Å². The summed E-state index contributed by atoms with van der Waals surface area (Å²) in [6.45, 7) is 0. The van der Waals surface area contributed by atoms with Crippen LogP contribution in [0.25, 0.3) is 0 Å². The number of non-ortho nitro benzene ring substituents is 1. The molecule has 4 atom stereocenters. The number of hydrogen-bond donors (Lipinski definition) is 0. The molecule has 2 bridgehead atoms. The molecule has 4 aliphatic rings. The molecule has 0 N–H and O–H groups in total. The number of fused-ring (bicyclic) bond motifs is 3. The topological polar surface area (TPSA) is 89.8 Å². The second-order valence-electron chi connectivity index (χ2n) is 7.35. The Bertz CT molecular complexity index is 838. The minimum absolute atomic E-state index is 0.140. The van der Waals surface area contributed by atoms with Crippen LogP contribution >= 0.6 is 0 Å². The van der Waals surface area contributed by atoms with Crippen LogP contribution in [0.5, 0.6) is 5.75 Å². The Morgan fingerprint density at radius 3 is 2.24 bits per heavy atom. The summed E-state index contributed by atoms with van der Waals surface area (Å²) in [5.41, 5.74) is 0.298. The zero-order chi connectivity index (χ0) is 17.5. The van der Waals surface area contributed by atoms with E-state index >= 15 is 0 Å². The van der Waals surface area contributed by atoms with Crippen molar-refractivity contribution in [1.82, 2.24) is 0 Å². The highest BCUT2D eigenvalue weighted by atomic mass is 16.6. The van der Waals surface area contributed by atoms with E-state index in [0.717, 1.165) is 12.8 Å². The zero-order valence-electron chi connectivity index (χ0n) is 13.5. The Kier molecular flexibility index (Phi) is 2.62. The van der Waals surface area contributed by atoms with E-state index in [1.165, 1.54) is 30.2 Å². The van der Waals surface area contributed by atoms with Crippen molar-refractivity contribution in [2.75, 3.05) is 12.0 Å². The molecular weight excluding hydrogens is 324 g/mol. The maximum Gasteiger partial charge on any atom is 0.273 e. The normalized spacial score (nSPS) is 33.2. The quantitative estimate of drug-likeness (QED) is 0.364. The molecule has 2 amide bonds. The molecule has 1 aromatic carbocycles. The Labute approximate surface area is 143 Å². The number of benzene rings is 1. The molecule has 1 aliphatic heterocycles. The van der Waals surface area contributed by atoms with Gasteiger partial charge in [0, 0.05) is 6.07 Å². The number of nitrogens with zero attached hydrogens (tertiary/aromatic N) is 2. The summed E-state index contributed by atoms with van der Waals surface area (Å²) in [6.07, 6.45) is 6.40. The number of rotatable bonds is 3. The summed E-state index contributed by atoms with van der Waals surface area (Å²) < 4.78 is 5.22. The molecule has 7 nitrogen and oxygen atoms in total. The van der Waals surface area contributed by atoms with Gasteiger partial charge in [-0.1, -0.05) is 12.2 Å². The molecular formula is C18H16N2O5. The van der Waals surface area contributed by atoms with Crippen LogP contribution in [-0.4, -0.2) is 23.8 Å². The van der Waals surface area contributed by atoms with Crippen molar-refractivity contribution in [3.8, 4) is 5.75 Å². The number of carbonyl (C=O) groups excluding carboxylic acids is 2. The van der Waals surface area contributed by atoms with Crippen molar-refractivity contribution < 1.29 is 19.2 Å². The monoisotopic (exact) mass is 340 g/mol. The fourth-order valence-corrected chi connectivity index (χ4v) is 5.28. The molecule has 1 heterocycles. The number of amides is 2. The predicted octanol–water partition coefficient (Wildman–Crippen LogP) is 2.30. The second kappa shape index (κ2) is 4.47. The number of hydrogen-bond acceptors (Lipinski definition) is 5. The average Bonchev–Trinajstić information content (AvgIpc) is 3.20. The lowest BCUT2D eigenvalue weighted by atomic mass is 9.85. The number of carbonyl (C=O) groups is 2. The van der Waals surface area contributed by atoms with Gasteiger partial charge in [-0.3, -0.25) is 19.7 Å². The summed E-state index contributed by atoms with van der Waals surface area (Å²) in [4.78, 5) is 37.7. The van der Waals surface area contributed by atoms with Gasteiger partial charge < -0.3 is 4.74 Å². The molecule has 2 saturated carbocycles. The number of methoxy groups -OCH3 is 1. The van der Waals surface area contributed by atoms with Gasteiger partial charge in [0.25, 0.3) is 5.69 Å². The molecule has 1 aromatic rings. The van der Waals surface area contributed by atoms with Crippen LogP contribution in [0.3, 0.4) is 0 Å². The van der Waals surface area contributed by atoms with Crippen molar-refractivity contribution in [2.45, 2.75) is 12.8 Å². The molecule has 1 spiro atoms. The third-order valence-corrected chi connectivity index (χ3v) is 6.47. The van der Waals surface area contributed by atoms with Crippen LogP contribution in [-0.2, 0) is 9.59 Å². The summed E-state index contributed by atoms with van der Waals surface area (Å²) in [6, 6.07) is 3.97. The predicted molar refractivity (Wildman–Crippen MR) is 86.9 cm³/mol. The van der Waals surface area contributed by atoms with Gasteiger partial charge in [0.1, 0.15) is 5.75 Å². The largest absolute Gasteiger partial charge is 0.494 e. The van der Waals surface area contributed by atoms with E-state index in [1.54, 1.807) is 0 Å². The van der Waals surface area contributed by atoms with E-state index in [1.807, 2.05) is 0 Å². The third kappa shape index (κ3) is 1.61. The minimum Gasteiger partial charge on any atom is -0.494 e. The van der Waals surface area contributed by atoms with Crippen LogP contribution in [0.1, 0.15) is 12.8 Å². The molecule has 0 aromatic heterocycles. The number of nitro groups is 1. The van der Waals surface area contributed by atoms with Crippen LogP contribution in [0.4, 0.5) is 11.4 Å². The number of imide groups is 1. The van der Waals surface area contributed by atoms with Gasteiger partial charge in [0.2, 0.25) is 11.8 Å². The molecule has 0 radical (unpaired) electrons. The van der Waals surface area contributed by atoms with E-state index in [9.17, 15) is 19.7 Å². The maximum atomic E-state index is 13.1. The highest BCUT2D eigenvalue weighted by molar-refractivity contribution is 6.23. The van der Waals surface area contributed by atoms with Crippen molar-refractivity contribution in [3.05, 3.63) is 40.5 Å². The zero-order valence-corrected chi connectivity index (χ0v) is 13.5. The lowest BCUT2D eigenvalue weighted by Crippen LogP contribution is -2.35. The van der Waals surface area contributed by atoms with Crippen molar-refractivity contribution >= 4 is 23.2 Å². The first-order valence-corrected chi connectivity index (χ1v) is 8.38. The Morgan fingerprint density at radius 1 is 1.16 bits per heavy atom. The Hall–Kier alpha value is -2.70. The Morgan fingerprint density at radius 2 is 1.76 bits per heavy atom. The first-order chi connectivity index (χ1) is 12.0. The van der Waals surface area contributed by atoms with E-state index in [0.29, 0.717) is 5.69 Å². The summed E-state index contributed by atoms with van der Waals surface area (Å²) in [5.74, 6) is -0.552. The van der Waals surface area contributed by atoms with E-state index in [4.69, 9.17) is 4.74 Å². The summed E-state index contributed by atoms with van der Waals surface area (Å²) in [5, 5.41) is 11.0. The molecule has 1 saturated heterocycles. The summed E-state index contributed by atoms with van der Waals surface area (Å²) >= 11 is 0. The molecule has 128 valence electrons. The lowest BCUT2D eigenvalue weighted by molar-refractivity contribution is -0.384. The van der Waals surface area contributed by atoms with E-state index in [-0.39, 0.29) is 52.3 Å². The van der Waals surface area contributed by atoms with E-state index in [2.05, 4.69) is 12.2 Å². The average molecular weight is 340 g/mol. The molecule has 5 rings (SSSR count). The third-order valence-electron chi connectivity index (χ3n) is 6.47. The van der Waals surface area contributed by atoms with Crippen molar-refractivity contribution in [1.29, 1.82) is 0 Å². The van der Waals surface area contributed by atoms with Crippen LogP contribution in [0.2, 0.25) is 0 Å². The lowest BCUT2D eigenvalue weighted by Gasteiger charge is -2.22. The van der Waals surface area contributed by atoms with E-state index < -0.39 is 4.92 Å². The number of anilines is 1. The molecule has 25 heavy (non-hydrogen) atoms. The summed E-state index contributed by atoms with van der Waals surface area (Å²) in [7, 11) is 1.37. The highest BCUT2D eigenvalue weighted by Gasteiger charge is 2.73. The van der Waals surface area contributed by atoms with Crippen molar-refractivity contribution in [2.24, 2.45) is 29.1 Å². The smallest absolute Gasteiger partial charge is 0.273 e.